The Bertz CT molecular complexity index is 607. The number of aliphatic carboxylic acids is 1. The number of hydrogen-bond acceptors (Lipinski definition) is 4. The van der Waals surface area contributed by atoms with Gasteiger partial charge in [-0.3, -0.25) is 0 Å². The van der Waals surface area contributed by atoms with E-state index in [1.165, 1.54) is 17.8 Å². The summed E-state index contributed by atoms with van der Waals surface area (Å²) >= 11 is 7.10. The molecule has 0 bridgehead atoms. The number of carboxylic acid groups (broad SMARTS) is 1. The van der Waals surface area contributed by atoms with Gasteiger partial charge in [0, 0.05) is 0 Å². The Morgan fingerprint density at radius 3 is 3.06 bits per heavy atom. The standard InChI is InChI=1S/C11H8ClFN2O2S/c1-11(9(16)17)4-15-6-3-2-5(13)7(12)8(6)18-10(15)14-11/h2-3H,4H2,1H3,(H,16,17). The Morgan fingerprint density at radius 1 is 1.67 bits per heavy atom. The molecule has 0 saturated heterocycles. The summed E-state index contributed by atoms with van der Waals surface area (Å²) in [6.45, 7) is 1.80. The van der Waals surface area contributed by atoms with Gasteiger partial charge >= 0.3 is 5.97 Å². The molecule has 0 saturated carbocycles. The van der Waals surface area contributed by atoms with E-state index in [0.717, 1.165) is 5.69 Å². The van der Waals surface area contributed by atoms with Gasteiger partial charge in [-0.15, -0.1) is 0 Å². The van der Waals surface area contributed by atoms with E-state index in [4.69, 9.17) is 16.7 Å². The van der Waals surface area contributed by atoms with E-state index in [9.17, 15) is 9.18 Å². The Labute approximate surface area is 111 Å². The minimum atomic E-state index is -1.15. The highest BCUT2D eigenvalue weighted by atomic mass is 35.5. The molecule has 1 aromatic carbocycles. The van der Waals surface area contributed by atoms with Crippen molar-refractivity contribution in [3.05, 3.63) is 23.0 Å². The number of rotatable bonds is 1. The lowest BCUT2D eigenvalue weighted by Crippen LogP contribution is -2.39. The first-order valence-corrected chi connectivity index (χ1v) is 6.38. The van der Waals surface area contributed by atoms with Crippen LogP contribution in [-0.2, 0) is 4.79 Å². The first kappa shape index (κ1) is 11.8. The third-order valence-electron chi connectivity index (χ3n) is 3.01. The van der Waals surface area contributed by atoms with Crippen LogP contribution < -0.4 is 4.90 Å². The molecule has 1 aromatic rings. The maximum atomic E-state index is 13.3. The Morgan fingerprint density at radius 2 is 2.39 bits per heavy atom. The Kier molecular flexibility index (Phi) is 2.37. The zero-order valence-electron chi connectivity index (χ0n) is 9.28. The lowest BCUT2D eigenvalue weighted by molar-refractivity contribution is -0.141. The van der Waals surface area contributed by atoms with Crippen molar-refractivity contribution in [2.45, 2.75) is 17.4 Å². The predicted molar refractivity (Wildman–Crippen MR) is 68.1 cm³/mol. The number of hydrogen-bond donors (Lipinski definition) is 1. The summed E-state index contributed by atoms with van der Waals surface area (Å²) in [6, 6.07) is 2.88. The lowest BCUT2D eigenvalue weighted by atomic mass is 10.0. The van der Waals surface area contributed by atoms with Crippen LogP contribution >= 0.6 is 23.4 Å². The average Bonchev–Trinajstić information content (AvgIpc) is 2.79. The molecule has 3 rings (SSSR count). The monoisotopic (exact) mass is 286 g/mol. The van der Waals surface area contributed by atoms with Gasteiger partial charge in [0.05, 0.1) is 22.2 Å². The van der Waals surface area contributed by atoms with Gasteiger partial charge in [0.1, 0.15) is 5.82 Å². The van der Waals surface area contributed by atoms with Gasteiger partial charge in [0.2, 0.25) is 0 Å². The number of aliphatic imine (C=N–C) groups is 1. The number of anilines is 1. The van der Waals surface area contributed by atoms with Gasteiger partial charge in [0.15, 0.2) is 10.7 Å². The van der Waals surface area contributed by atoms with Crippen LogP contribution in [0.25, 0.3) is 0 Å². The molecule has 2 aliphatic rings. The van der Waals surface area contributed by atoms with Crippen LogP contribution in [0.3, 0.4) is 0 Å². The number of halogens is 2. The number of thioether (sulfide) groups is 1. The van der Waals surface area contributed by atoms with E-state index in [-0.39, 0.29) is 11.6 Å². The Hall–Kier alpha value is -1.27. The Balaban J connectivity index is 2.07. The topological polar surface area (TPSA) is 52.9 Å². The second-order valence-corrected chi connectivity index (χ2v) is 5.73. The van der Waals surface area contributed by atoms with Crippen molar-refractivity contribution in [2.75, 3.05) is 11.4 Å². The quantitative estimate of drug-likeness (QED) is 0.862. The fourth-order valence-electron chi connectivity index (χ4n) is 1.99. The van der Waals surface area contributed by atoms with Gasteiger partial charge in [0.25, 0.3) is 0 Å². The highest BCUT2D eigenvalue weighted by Gasteiger charge is 2.46. The molecule has 0 fully saturated rings. The van der Waals surface area contributed by atoms with Crippen molar-refractivity contribution >= 4 is 40.2 Å². The lowest BCUT2D eigenvalue weighted by Gasteiger charge is -2.19. The summed E-state index contributed by atoms with van der Waals surface area (Å²) in [5.74, 6) is -1.45. The van der Waals surface area contributed by atoms with Crippen LogP contribution in [0.2, 0.25) is 5.02 Å². The number of carbonyl (C=O) groups is 1. The van der Waals surface area contributed by atoms with Crippen molar-refractivity contribution in [3.63, 3.8) is 0 Å². The number of amidine groups is 1. The molecule has 2 aliphatic heterocycles. The molecule has 0 radical (unpaired) electrons. The van der Waals surface area contributed by atoms with Crippen LogP contribution in [0.5, 0.6) is 0 Å². The van der Waals surface area contributed by atoms with E-state index in [2.05, 4.69) is 4.99 Å². The van der Waals surface area contributed by atoms with Crippen molar-refractivity contribution in [2.24, 2.45) is 4.99 Å². The summed E-state index contributed by atoms with van der Waals surface area (Å²) in [4.78, 5) is 17.7. The summed E-state index contributed by atoms with van der Waals surface area (Å²) in [7, 11) is 0. The minimum Gasteiger partial charge on any atom is -0.479 e. The van der Waals surface area contributed by atoms with Gasteiger partial charge in [-0.05, 0) is 30.8 Å². The fourth-order valence-corrected chi connectivity index (χ4v) is 3.43. The number of fused-ring (bicyclic) bond motifs is 3. The van der Waals surface area contributed by atoms with E-state index >= 15 is 0 Å². The normalized spacial score (nSPS) is 24.8. The maximum absolute atomic E-state index is 13.3. The SMILES string of the molecule is CC1(C(=O)O)CN2C(=N1)Sc1c2ccc(F)c1Cl. The second-order valence-electron chi connectivity index (χ2n) is 4.37. The zero-order chi connectivity index (χ0) is 13.1. The molecule has 0 spiro atoms. The van der Waals surface area contributed by atoms with Crippen LogP contribution in [0.1, 0.15) is 6.92 Å². The number of nitrogens with zero attached hydrogens (tertiary/aromatic N) is 2. The molecule has 1 unspecified atom stereocenters. The van der Waals surface area contributed by atoms with Crippen LogP contribution in [-0.4, -0.2) is 28.3 Å². The third kappa shape index (κ3) is 1.45. The van der Waals surface area contributed by atoms with Crippen molar-refractivity contribution in [1.29, 1.82) is 0 Å². The molecule has 2 heterocycles. The molecule has 94 valence electrons. The van der Waals surface area contributed by atoms with Crippen molar-refractivity contribution < 1.29 is 14.3 Å². The van der Waals surface area contributed by atoms with Crippen LogP contribution in [0.4, 0.5) is 10.1 Å². The van der Waals surface area contributed by atoms with Gasteiger partial charge in [-0.25, -0.2) is 14.2 Å². The van der Waals surface area contributed by atoms with Crippen LogP contribution in [0.15, 0.2) is 22.0 Å². The van der Waals surface area contributed by atoms with E-state index in [1.807, 2.05) is 0 Å². The van der Waals surface area contributed by atoms with Gasteiger partial charge < -0.3 is 10.0 Å². The maximum Gasteiger partial charge on any atom is 0.333 e. The number of carboxylic acids is 1. The van der Waals surface area contributed by atoms with E-state index in [1.54, 1.807) is 17.9 Å². The third-order valence-corrected chi connectivity index (χ3v) is 4.61. The predicted octanol–water partition coefficient (Wildman–Crippen LogP) is 2.60. The molecule has 18 heavy (non-hydrogen) atoms. The highest BCUT2D eigenvalue weighted by molar-refractivity contribution is 8.15. The van der Waals surface area contributed by atoms with Gasteiger partial charge in [-0.2, -0.15) is 0 Å². The molecular weight excluding hydrogens is 279 g/mol. The smallest absolute Gasteiger partial charge is 0.333 e. The first-order valence-electron chi connectivity index (χ1n) is 5.19. The average molecular weight is 287 g/mol. The van der Waals surface area contributed by atoms with Crippen LogP contribution in [0, 0.1) is 5.82 Å². The van der Waals surface area contributed by atoms with Crippen molar-refractivity contribution in [3.8, 4) is 0 Å². The zero-order valence-corrected chi connectivity index (χ0v) is 10.8. The first-order chi connectivity index (χ1) is 8.42. The van der Waals surface area contributed by atoms with E-state index < -0.39 is 17.3 Å². The van der Waals surface area contributed by atoms with Crippen molar-refractivity contribution in [1.82, 2.24) is 0 Å². The molecule has 1 atom stereocenters. The largest absolute Gasteiger partial charge is 0.479 e. The molecule has 1 N–H and O–H groups in total. The molecular formula is C11H8ClFN2O2S. The molecule has 0 aliphatic carbocycles. The minimum absolute atomic E-state index is 0.0617. The second kappa shape index (κ2) is 3.61. The van der Waals surface area contributed by atoms with Gasteiger partial charge in [-0.1, -0.05) is 11.6 Å². The molecule has 0 aromatic heterocycles. The highest BCUT2D eigenvalue weighted by Crippen LogP contribution is 2.48. The summed E-state index contributed by atoms with van der Waals surface area (Å²) in [6.07, 6.45) is 0. The molecule has 0 amide bonds. The van der Waals surface area contributed by atoms with E-state index in [0.29, 0.717) is 10.1 Å². The molecule has 4 nitrogen and oxygen atoms in total. The summed E-state index contributed by atoms with van der Waals surface area (Å²) in [5.41, 5.74) is -0.434. The molecule has 7 heteroatoms. The number of benzene rings is 1. The fraction of sp³-hybridized carbons (Fsp3) is 0.273. The summed E-state index contributed by atoms with van der Waals surface area (Å²) < 4.78 is 13.3. The summed E-state index contributed by atoms with van der Waals surface area (Å²) in [5, 5.41) is 9.76.